The number of amides is 2. The van der Waals surface area contributed by atoms with Gasteiger partial charge in [0.1, 0.15) is 6.04 Å². The molecule has 1 heterocycles. The van der Waals surface area contributed by atoms with Gasteiger partial charge in [-0.25, -0.2) is 0 Å². The molecule has 1 aliphatic heterocycles. The Morgan fingerprint density at radius 3 is 2.38 bits per heavy atom. The van der Waals surface area contributed by atoms with E-state index in [0.29, 0.717) is 13.1 Å². The van der Waals surface area contributed by atoms with E-state index in [4.69, 9.17) is 11.6 Å². The summed E-state index contributed by atoms with van der Waals surface area (Å²) in [5.74, 6) is -0.808. The molecule has 2 aromatic carbocycles. The van der Waals surface area contributed by atoms with Gasteiger partial charge in [0.05, 0.1) is 15.5 Å². The highest BCUT2D eigenvalue weighted by atomic mass is 35.5. The lowest BCUT2D eigenvalue weighted by atomic mass is 10.0. The highest BCUT2D eigenvalue weighted by molar-refractivity contribution is 6.34. The minimum atomic E-state index is -0.719. The number of rotatable bonds is 8. The molecule has 9 heteroatoms. The molecular weight excluding hydrogens is 456 g/mol. The molecule has 0 unspecified atom stereocenters. The van der Waals surface area contributed by atoms with Crippen LogP contribution in [0.15, 0.2) is 54.6 Å². The quantitative estimate of drug-likeness (QED) is 0.453. The molecule has 180 valence electrons. The van der Waals surface area contributed by atoms with E-state index in [-0.39, 0.29) is 28.1 Å². The van der Waals surface area contributed by atoms with Crippen LogP contribution in [0.1, 0.15) is 29.8 Å². The molecule has 0 aliphatic carbocycles. The summed E-state index contributed by atoms with van der Waals surface area (Å²) in [6.45, 7) is 7.19. The monoisotopic (exact) mass is 484 g/mol. The van der Waals surface area contributed by atoms with Crippen LogP contribution in [0.25, 0.3) is 6.08 Å². The third-order valence-corrected chi connectivity index (χ3v) is 6.10. The number of carbonyl (C=O) groups is 2. The van der Waals surface area contributed by atoms with Gasteiger partial charge in [0.15, 0.2) is 0 Å². The van der Waals surface area contributed by atoms with Crippen LogP contribution in [0.3, 0.4) is 0 Å². The third-order valence-electron chi connectivity index (χ3n) is 5.78. The fraction of sp³-hybridized carbons (Fsp3) is 0.360. The molecule has 0 spiro atoms. The van der Waals surface area contributed by atoms with Gasteiger partial charge in [-0.05, 0) is 17.5 Å². The minimum Gasteiger partial charge on any atom is -0.340 e. The molecule has 1 saturated heterocycles. The Bertz CT molecular complexity index is 1050. The van der Waals surface area contributed by atoms with Crippen molar-refractivity contribution >= 4 is 35.2 Å². The third kappa shape index (κ3) is 6.65. The van der Waals surface area contributed by atoms with Crippen molar-refractivity contribution in [3.05, 3.63) is 80.9 Å². The summed E-state index contributed by atoms with van der Waals surface area (Å²) in [7, 11) is 0. The summed E-state index contributed by atoms with van der Waals surface area (Å²) in [6, 6.07) is 13.0. The average Bonchev–Trinajstić information content (AvgIpc) is 2.82. The van der Waals surface area contributed by atoms with Crippen molar-refractivity contribution in [3.63, 3.8) is 0 Å². The molecule has 34 heavy (non-hydrogen) atoms. The van der Waals surface area contributed by atoms with Gasteiger partial charge in [0.25, 0.3) is 11.6 Å². The van der Waals surface area contributed by atoms with Crippen LogP contribution in [0.4, 0.5) is 5.69 Å². The maximum absolute atomic E-state index is 13.2. The number of nitrogens with zero attached hydrogens (tertiary/aromatic N) is 3. The van der Waals surface area contributed by atoms with Gasteiger partial charge in [-0.15, -0.1) is 0 Å². The molecule has 1 fully saturated rings. The normalized spacial score (nSPS) is 15.5. The van der Waals surface area contributed by atoms with Crippen molar-refractivity contribution < 1.29 is 14.5 Å². The van der Waals surface area contributed by atoms with Crippen LogP contribution >= 0.6 is 11.6 Å². The zero-order chi connectivity index (χ0) is 24.7. The molecule has 1 atom stereocenters. The number of nitrogens with one attached hydrogen (secondary N) is 1. The van der Waals surface area contributed by atoms with E-state index >= 15 is 0 Å². The molecule has 1 N–H and O–H groups in total. The molecule has 1 aliphatic rings. The fourth-order valence-corrected chi connectivity index (χ4v) is 4.04. The number of piperazine rings is 1. The molecule has 0 aromatic heterocycles. The molecule has 0 radical (unpaired) electrons. The number of hydrogen-bond acceptors (Lipinski definition) is 5. The number of nitro groups is 1. The van der Waals surface area contributed by atoms with E-state index in [1.807, 2.05) is 32.0 Å². The van der Waals surface area contributed by atoms with E-state index in [1.165, 1.54) is 12.1 Å². The van der Waals surface area contributed by atoms with Gasteiger partial charge >= 0.3 is 0 Å². The van der Waals surface area contributed by atoms with Gasteiger partial charge in [0, 0.05) is 44.9 Å². The topological polar surface area (TPSA) is 95.8 Å². The van der Waals surface area contributed by atoms with Gasteiger partial charge in [-0.2, -0.15) is 0 Å². The lowest BCUT2D eigenvalue weighted by Gasteiger charge is -2.37. The Kier molecular flexibility index (Phi) is 8.79. The maximum atomic E-state index is 13.2. The zero-order valence-corrected chi connectivity index (χ0v) is 20.1. The highest BCUT2D eigenvalue weighted by Crippen LogP contribution is 2.23. The van der Waals surface area contributed by atoms with Crippen molar-refractivity contribution in [2.24, 2.45) is 5.92 Å². The molecule has 2 aromatic rings. The molecule has 2 amide bonds. The Morgan fingerprint density at radius 1 is 1.12 bits per heavy atom. The lowest BCUT2D eigenvalue weighted by molar-refractivity contribution is -0.384. The average molecular weight is 485 g/mol. The second-order valence-corrected chi connectivity index (χ2v) is 8.96. The number of nitro benzene ring substituents is 1. The summed E-state index contributed by atoms with van der Waals surface area (Å²) in [6.07, 6.45) is 4.21. The number of benzene rings is 2. The van der Waals surface area contributed by atoms with Gasteiger partial charge in [-0.1, -0.05) is 67.9 Å². The first-order valence-corrected chi connectivity index (χ1v) is 11.6. The summed E-state index contributed by atoms with van der Waals surface area (Å²) in [5, 5.41) is 13.6. The first-order valence-electron chi connectivity index (χ1n) is 11.2. The van der Waals surface area contributed by atoms with Crippen molar-refractivity contribution in [3.8, 4) is 0 Å². The summed E-state index contributed by atoms with van der Waals surface area (Å²) < 4.78 is 0. The predicted molar refractivity (Wildman–Crippen MR) is 133 cm³/mol. The Balaban J connectivity index is 1.56. The fourth-order valence-electron chi connectivity index (χ4n) is 3.78. The van der Waals surface area contributed by atoms with E-state index in [9.17, 15) is 19.7 Å². The van der Waals surface area contributed by atoms with Gasteiger partial charge in [-0.3, -0.25) is 24.6 Å². The van der Waals surface area contributed by atoms with Crippen molar-refractivity contribution in [1.82, 2.24) is 15.1 Å². The van der Waals surface area contributed by atoms with Crippen LogP contribution in [-0.4, -0.2) is 65.3 Å². The Labute approximate surface area is 204 Å². The second kappa shape index (κ2) is 11.8. The SMILES string of the molecule is CC(C)[C@@H](NC(=O)c1ccc([N+](=O)[O-])cc1Cl)C(=O)N1CCN(C/C=C/c2ccccc2)CC1. The molecule has 3 rings (SSSR count). The summed E-state index contributed by atoms with van der Waals surface area (Å²) in [5.41, 5.74) is 1.05. The van der Waals surface area contributed by atoms with Crippen LogP contribution in [-0.2, 0) is 4.79 Å². The smallest absolute Gasteiger partial charge is 0.270 e. The van der Waals surface area contributed by atoms with E-state index in [1.54, 1.807) is 4.90 Å². The Hall–Kier alpha value is -3.23. The number of carbonyl (C=O) groups excluding carboxylic acids is 2. The van der Waals surface area contributed by atoms with Crippen LogP contribution in [0.2, 0.25) is 5.02 Å². The summed E-state index contributed by atoms with van der Waals surface area (Å²) >= 11 is 6.08. The summed E-state index contributed by atoms with van der Waals surface area (Å²) in [4.78, 5) is 40.4. The largest absolute Gasteiger partial charge is 0.340 e. The van der Waals surface area contributed by atoms with E-state index in [0.717, 1.165) is 31.3 Å². The van der Waals surface area contributed by atoms with Gasteiger partial charge in [0.2, 0.25) is 5.91 Å². The number of non-ortho nitro benzene ring substituents is 1. The highest BCUT2D eigenvalue weighted by Gasteiger charge is 2.31. The molecular formula is C25H29ClN4O4. The standard InChI is InChI=1S/C25H29ClN4O4/c1-18(2)23(27-24(31)21-11-10-20(30(33)34)17-22(21)26)25(32)29-15-13-28(14-16-29)12-6-9-19-7-4-3-5-8-19/h3-11,17-18,23H,12-16H2,1-2H3,(H,27,31)/b9-6+/t23-/m1/s1. The van der Waals surface area contributed by atoms with Crippen LogP contribution < -0.4 is 5.32 Å². The van der Waals surface area contributed by atoms with Crippen molar-refractivity contribution in [2.75, 3.05) is 32.7 Å². The number of halogens is 1. The lowest BCUT2D eigenvalue weighted by Crippen LogP contribution is -2.56. The van der Waals surface area contributed by atoms with E-state index in [2.05, 4.69) is 34.5 Å². The second-order valence-electron chi connectivity index (χ2n) is 8.56. The molecule has 0 saturated carbocycles. The maximum Gasteiger partial charge on any atom is 0.270 e. The molecule has 8 nitrogen and oxygen atoms in total. The number of hydrogen-bond donors (Lipinski definition) is 1. The first kappa shape index (κ1) is 25.4. The van der Waals surface area contributed by atoms with Crippen molar-refractivity contribution in [2.45, 2.75) is 19.9 Å². The zero-order valence-electron chi connectivity index (χ0n) is 19.3. The first-order chi connectivity index (χ1) is 16.3. The predicted octanol–water partition coefficient (Wildman–Crippen LogP) is 3.86. The minimum absolute atomic E-state index is 0.0289. The van der Waals surface area contributed by atoms with Crippen molar-refractivity contribution in [1.29, 1.82) is 0 Å². The van der Waals surface area contributed by atoms with E-state index < -0.39 is 16.9 Å². The van der Waals surface area contributed by atoms with Gasteiger partial charge < -0.3 is 10.2 Å². The van der Waals surface area contributed by atoms with Crippen LogP contribution in [0.5, 0.6) is 0 Å². The molecule has 0 bridgehead atoms. The Morgan fingerprint density at radius 2 is 1.79 bits per heavy atom. The van der Waals surface area contributed by atoms with Crippen LogP contribution in [0, 0.1) is 16.0 Å².